The van der Waals surface area contributed by atoms with Crippen LogP contribution < -0.4 is 0 Å². The molecule has 0 bridgehead atoms. The van der Waals surface area contributed by atoms with E-state index in [0.717, 1.165) is 18.4 Å². The molecule has 0 saturated heterocycles. The van der Waals surface area contributed by atoms with Crippen LogP contribution in [-0.4, -0.2) is 6.47 Å². The molecule has 3 rings (SSSR count). The summed E-state index contributed by atoms with van der Waals surface area (Å²) in [7, 11) is 0. The zero-order valence-corrected chi connectivity index (χ0v) is 8.85. The summed E-state index contributed by atoms with van der Waals surface area (Å²) in [5.74, 6) is 0. The van der Waals surface area contributed by atoms with Gasteiger partial charge in [-0.05, 0) is 23.6 Å². The maximum atomic E-state index is 10.5. The molecule has 2 aromatic carbocycles. The first kappa shape index (κ1) is 9.40. The predicted octanol–water partition coefficient (Wildman–Crippen LogP) is 3.00. The van der Waals surface area contributed by atoms with Gasteiger partial charge in [0.2, 0.25) is 0 Å². The SMILES string of the molecule is O=COC1(c2cccc3ccccc23)CC1. The van der Waals surface area contributed by atoms with Gasteiger partial charge in [0, 0.05) is 5.56 Å². The van der Waals surface area contributed by atoms with Gasteiger partial charge in [0.15, 0.2) is 0 Å². The van der Waals surface area contributed by atoms with Crippen LogP contribution in [0.4, 0.5) is 0 Å². The minimum atomic E-state index is -0.345. The van der Waals surface area contributed by atoms with E-state index in [1.165, 1.54) is 10.8 Å². The molecule has 16 heavy (non-hydrogen) atoms. The second-order valence-electron chi connectivity index (χ2n) is 4.24. The number of fused-ring (bicyclic) bond motifs is 1. The fourth-order valence-electron chi connectivity index (χ4n) is 2.28. The van der Waals surface area contributed by atoms with E-state index >= 15 is 0 Å². The highest BCUT2D eigenvalue weighted by molar-refractivity contribution is 5.87. The van der Waals surface area contributed by atoms with E-state index in [4.69, 9.17) is 4.74 Å². The fourth-order valence-corrected chi connectivity index (χ4v) is 2.28. The second-order valence-corrected chi connectivity index (χ2v) is 4.24. The molecule has 0 amide bonds. The van der Waals surface area contributed by atoms with Crippen molar-refractivity contribution in [2.75, 3.05) is 0 Å². The summed E-state index contributed by atoms with van der Waals surface area (Å²) >= 11 is 0. The molecule has 1 aliphatic carbocycles. The summed E-state index contributed by atoms with van der Waals surface area (Å²) in [6.45, 7) is 0.564. The zero-order valence-electron chi connectivity index (χ0n) is 8.85. The number of rotatable bonds is 3. The van der Waals surface area contributed by atoms with Crippen LogP contribution in [0.3, 0.4) is 0 Å². The molecule has 1 saturated carbocycles. The largest absolute Gasteiger partial charge is 0.456 e. The van der Waals surface area contributed by atoms with E-state index in [1.807, 2.05) is 18.2 Å². The van der Waals surface area contributed by atoms with E-state index in [0.29, 0.717) is 6.47 Å². The minimum Gasteiger partial charge on any atom is -0.456 e. The first-order valence-electron chi connectivity index (χ1n) is 5.45. The Labute approximate surface area is 93.8 Å². The van der Waals surface area contributed by atoms with Crippen molar-refractivity contribution in [1.82, 2.24) is 0 Å². The first-order chi connectivity index (χ1) is 7.86. The Bertz CT molecular complexity index is 536. The molecule has 0 heterocycles. The summed E-state index contributed by atoms with van der Waals surface area (Å²) < 4.78 is 5.25. The van der Waals surface area contributed by atoms with Crippen molar-refractivity contribution >= 4 is 17.2 Å². The summed E-state index contributed by atoms with van der Waals surface area (Å²) in [5.41, 5.74) is 0.792. The third kappa shape index (κ3) is 1.30. The Morgan fingerprint density at radius 2 is 1.81 bits per heavy atom. The molecule has 2 heteroatoms. The molecule has 0 radical (unpaired) electrons. The Morgan fingerprint density at radius 3 is 2.56 bits per heavy atom. The highest BCUT2D eigenvalue weighted by Crippen LogP contribution is 2.50. The Kier molecular flexibility index (Phi) is 1.96. The summed E-state index contributed by atoms with van der Waals surface area (Å²) in [6, 6.07) is 14.4. The van der Waals surface area contributed by atoms with E-state index in [1.54, 1.807) is 0 Å². The van der Waals surface area contributed by atoms with Crippen molar-refractivity contribution in [2.24, 2.45) is 0 Å². The summed E-state index contributed by atoms with van der Waals surface area (Å²) in [6.07, 6.45) is 1.86. The molecule has 1 aliphatic rings. The summed E-state index contributed by atoms with van der Waals surface area (Å²) in [4.78, 5) is 10.5. The van der Waals surface area contributed by atoms with Gasteiger partial charge in [-0.3, -0.25) is 4.79 Å². The smallest absolute Gasteiger partial charge is 0.293 e. The number of carbonyl (C=O) groups is 1. The molecule has 2 aromatic rings. The van der Waals surface area contributed by atoms with Crippen LogP contribution >= 0.6 is 0 Å². The van der Waals surface area contributed by atoms with E-state index < -0.39 is 0 Å². The van der Waals surface area contributed by atoms with Gasteiger partial charge in [0.05, 0.1) is 0 Å². The Hall–Kier alpha value is -1.83. The van der Waals surface area contributed by atoms with Crippen LogP contribution in [0.25, 0.3) is 10.8 Å². The molecule has 0 spiro atoms. The van der Waals surface area contributed by atoms with Crippen LogP contribution in [0.2, 0.25) is 0 Å². The van der Waals surface area contributed by atoms with Crippen molar-refractivity contribution < 1.29 is 9.53 Å². The van der Waals surface area contributed by atoms with Gasteiger partial charge in [0.25, 0.3) is 6.47 Å². The van der Waals surface area contributed by atoms with Crippen LogP contribution in [0, 0.1) is 0 Å². The monoisotopic (exact) mass is 212 g/mol. The first-order valence-corrected chi connectivity index (χ1v) is 5.45. The van der Waals surface area contributed by atoms with Crippen molar-refractivity contribution in [3.63, 3.8) is 0 Å². The van der Waals surface area contributed by atoms with Gasteiger partial charge >= 0.3 is 0 Å². The number of ether oxygens (including phenoxy) is 1. The Balaban J connectivity index is 2.20. The van der Waals surface area contributed by atoms with Gasteiger partial charge in [-0.2, -0.15) is 0 Å². The van der Waals surface area contributed by atoms with Gasteiger partial charge in [-0.1, -0.05) is 42.5 Å². The minimum absolute atomic E-state index is 0.345. The molecule has 2 nitrogen and oxygen atoms in total. The summed E-state index contributed by atoms with van der Waals surface area (Å²) in [5, 5.41) is 2.38. The van der Waals surface area contributed by atoms with Crippen LogP contribution in [0.1, 0.15) is 18.4 Å². The molecule has 80 valence electrons. The third-order valence-electron chi connectivity index (χ3n) is 3.26. The molecule has 0 N–H and O–H groups in total. The van der Waals surface area contributed by atoms with Gasteiger partial charge < -0.3 is 4.74 Å². The number of benzene rings is 2. The molecule has 0 aromatic heterocycles. The predicted molar refractivity (Wildman–Crippen MR) is 62.0 cm³/mol. The standard InChI is InChI=1S/C14H12O2/c15-10-16-14(8-9-14)13-7-3-5-11-4-1-2-6-12(11)13/h1-7,10H,8-9H2. The van der Waals surface area contributed by atoms with Gasteiger partial charge in [0.1, 0.15) is 5.60 Å². The molecule has 0 aliphatic heterocycles. The van der Waals surface area contributed by atoms with Gasteiger partial charge in [-0.25, -0.2) is 0 Å². The normalized spacial score (nSPS) is 17.0. The lowest BCUT2D eigenvalue weighted by Crippen LogP contribution is -2.11. The maximum Gasteiger partial charge on any atom is 0.293 e. The van der Waals surface area contributed by atoms with Crippen molar-refractivity contribution in [3.8, 4) is 0 Å². The second kappa shape index (κ2) is 3.34. The van der Waals surface area contributed by atoms with E-state index in [-0.39, 0.29) is 5.60 Å². The topological polar surface area (TPSA) is 26.3 Å². The fraction of sp³-hybridized carbons (Fsp3) is 0.214. The van der Waals surface area contributed by atoms with Crippen molar-refractivity contribution in [3.05, 3.63) is 48.0 Å². The zero-order chi connectivity index (χ0) is 11.0. The molecule has 0 unspecified atom stereocenters. The maximum absolute atomic E-state index is 10.5. The molecule has 1 fully saturated rings. The average molecular weight is 212 g/mol. The lowest BCUT2D eigenvalue weighted by atomic mass is 9.99. The number of hydrogen-bond acceptors (Lipinski definition) is 2. The van der Waals surface area contributed by atoms with Crippen LogP contribution in [0.15, 0.2) is 42.5 Å². The molecular formula is C14H12O2. The highest BCUT2D eigenvalue weighted by Gasteiger charge is 2.47. The average Bonchev–Trinajstić information content (AvgIpc) is 3.10. The molecular weight excluding hydrogens is 200 g/mol. The van der Waals surface area contributed by atoms with Crippen LogP contribution in [0.5, 0.6) is 0 Å². The number of hydrogen-bond donors (Lipinski definition) is 0. The quantitative estimate of drug-likeness (QED) is 0.731. The lowest BCUT2D eigenvalue weighted by molar-refractivity contribution is -0.135. The van der Waals surface area contributed by atoms with E-state index in [2.05, 4.69) is 24.3 Å². The highest BCUT2D eigenvalue weighted by atomic mass is 16.5. The Morgan fingerprint density at radius 1 is 1.06 bits per heavy atom. The third-order valence-corrected chi connectivity index (χ3v) is 3.26. The molecule has 0 atom stereocenters. The van der Waals surface area contributed by atoms with Crippen molar-refractivity contribution in [2.45, 2.75) is 18.4 Å². The van der Waals surface area contributed by atoms with Crippen molar-refractivity contribution in [1.29, 1.82) is 0 Å². The number of carbonyl (C=O) groups excluding carboxylic acids is 1. The van der Waals surface area contributed by atoms with Gasteiger partial charge in [-0.15, -0.1) is 0 Å². The van der Waals surface area contributed by atoms with E-state index in [9.17, 15) is 4.79 Å². The lowest BCUT2D eigenvalue weighted by Gasteiger charge is -2.16. The van der Waals surface area contributed by atoms with Crippen LogP contribution in [-0.2, 0) is 15.1 Å².